The third-order valence-electron chi connectivity index (χ3n) is 11.0. The van der Waals surface area contributed by atoms with Crippen molar-refractivity contribution in [3.63, 3.8) is 0 Å². The summed E-state index contributed by atoms with van der Waals surface area (Å²) in [7, 11) is 0. The maximum Gasteiger partial charge on any atom is 0.269 e. The van der Waals surface area contributed by atoms with Crippen LogP contribution in [0.15, 0.2) is 212 Å². The molecule has 11 rings (SSSR count). The number of rotatable bonds is 8. The molecule has 0 saturated carbocycles. The van der Waals surface area contributed by atoms with Gasteiger partial charge in [0.05, 0.1) is 54.0 Å². The van der Waals surface area contributed by atoms with E-state index in [1.807, 2.05) is 48.7 Å². The van der Waals surface area contributed by atoms with E-state index < -0.39 is 90.6 Å². The van der Waals surface area contributed by atoms with Crippen molar-refractivity contribution in [1.29, 1.82) is 0 Å². The second-order valence-electron chi connectivity index (χ2n) is 16.0. The molecule has 0 aliphatic carbocycles. The third-order valence-corrected chi connectivity index (χ3v) is 11.0. The van der Waals surface area contributed by atoms with Crippen LogP contribution in [0, 0.1) is 6.33 Å². The summed E-state index contributed by atoms with van der Waals surface area (Å²) in [5, 5.41) is 2.04. The van der Waals surface area contributed by atoms with Crippen molar-refractivity contribution >= 4 is 32.8 Å². The minimum Gasteiger partial charge on any atom is -0.458 e. The zero-order valence-corrected chi connectivity index (χ0v) is 34.2. The average molecular weight is 828 g/mol. The van der Waals surface area contributed by atoms with Crippen molar-refractivity contribution in [1.82, 2.24) is 14.1 Å². The summed E-state index contributed by atoms with van der Waals surface area (Å²) >= 11 is 0. The molecule has 3 aromatic heterocycles. The molecule has 0 aliphatic rings. The molecule has 0 fully saturated rings. The van der Waals surface area contributed by atoms with Gasteiger partial charge in [-0.2, -0.15) is 0 Å². The van der Waals surface area contributed by atoms with Crippen LogP contribution in [0.4, 0.5) is 0 Å². The van der Waals surface area contributed by atoms with E-state index in [1.165, 1.54) is 16.7 Å². The van der Waals surface area contributed by atoms with Gasteiger partial charge in [0.1, 0.15) is 17.3 Å². The van der Waals surface area contributed by atoms with Crippen molar-refractivity contribution in [2.24, 2.45) is 0 Å². The second kappa shape index (κ2) is 15.5. The molecule has 3 heterocycles. The van der Waals surface area contributed by atoms with Gasteiger partial charge in [-0.1, -0.05) is 160 Å². The Bertz CT molecular complexity index is 4190. The largest absolute Gasteiger partial charge is 0.458 e. The summed E-state index contributed by atoms with van der Waals surface area (Å²) in [4.78, 5) is 4.82. The first kappa shape index (κ1) is 25.0. The lowest BCUT2D eigenvalue weighted by Gasteiger charge is -2.20. The second-order valence-corrected chi connectivity index (χ2v) is 16.0. The summed E-state index contributed by atoms with van der Waals surface area (Å²) in [6.07, 6.45) is 5.20. The highest BCUT2D eigenvalue weighted by molar-refractivity contribution is 6.09. The summed E-state index contributed by atoms with van der Waals surface area (Å²) in [6, 6.07) is 24.7. The van der Waals surface area contributed by atoms with Gasteiger partial charge in [0.15, 0.2) is 0 Å². The summed E-state index contributed by atoms with van der Waals surface area (Å²) in [5.41, 5.74) is 2.58. The molecule has 0 aliphatic heterocycles. The van der Waals surface area contributed by atoms with Gasteiger partial charge in [0.25, 0.3) is 6.33 Å². The van der Waals surface area contributed by atoms with E-state index in [1.54, 1.807) is 47.0 Å². The highest BCUT2D eigenvalue weighted by atomic mass is 16.5. The minimum absolute atomic E-state index is 0.0725. The Morgan fingerprint density at radius 2 is 1.17 bits per heavy atom. The number of ether oxygens (including phenoxy) is 1. The molecule has 5 heteroatoms. The molecule has 0 radical (unpaired) electrons. The monoisotopic (exact) mass is 827 g/mol. The Morgan fingerprint density at radius 1 is 0.556 bits per heavy atom. The maximum absolute atomic E-state index is 9.29. The predicted octanol–water partition coefficient (Wildman–Crippen LogP) is 14.3. The Balaban J connectivity index is 1.16. The van der Waals surface area contributed by atoms with Crippen molar-refractivity contribution in [2.45, 2.75) is 26.2 Å². The van der Waals surface area contributed by atoms with Gasteiger partial charge >= 0.3 is 0 Å². The Morgan fingerprint density at radius 3 is 1.87 bits per heavy atom. The van der Waals surface area contributed by atoms with Crippen LogP contribution < -0.4 is 9.30 Å². The van der Waals surface area contributed by atoms with Gasteiger partial charge in [0, 0.05) is 23.0 Å². The van der Waals surface area contributed by atoms with E-state index in [9.17, 15) is 5.48 Å². The van der Waals surface area contributed by atoms with Gasteiger partial charge in [-0.15, -0.1) is 0 Å². The van der Waals surface area contributed by atoms with Gasteiger partial charge in [-0.25, -0.2) is 4.98 Å². The fourth-order valence-electron chi connectivity index (χ4n) is 8.07. The standard InChI is InChI=1S/C58H44N4O/c1-58(2,3)44-32-33-59-56(36-44)62-52-27-14-13-26-48(52)49-31-30-47(38-55(49)62)63-46-25-17-24-45(37-46)60-39-61(54-29-16-15-28-53(54)60)57-50(41-20-9-5-10-21-41)34-43(40-18-7-4-8-19-40)35-51(57)42-22-11-6-12-23-42/h4-38H,1-3H3/i4D,5D,6D,7D,8D,9D,10D,11D,12D,18D,19D,20D,21D,22D,23D. The molecule has 0 bridgehead atoms. The molecule has 0 N–H and O–H groups in total. The Labute approximate surface area is 388 Å². The molecular formula is C58H44N4O. The van der Waals surface area contributed by atoms with Crippen molar-refractivity contribution in [3.8, 4) is 62.1 Å². The normalized spacial score (nSPS) is 15.1. The first-order valence-electron chi connectivity index (χ1n) is 27.7. The molecule has 63 heavy (non-hydrogen) atoms. The lowest BCUT2D eigenvalue weighted by molar-refractivity contribution is -0.571. The molecule has 5 nitrogen and oxygen atoms in total. The zero-order valence-electron chi connectivity index (χ0n) is 49.2. The Hall–Kier alpha value is -8.02. The number of aromatic nitrogens is 4. The molecule has 0 spiro atoms. The van der Waals surface area contributed by atoms with Crippen molar-refractivity contribution in [2.75, 3.05) is 0 Å². The van der Waals surface area contributed by atoms with Gasteiger partial charge in [0.2, 0.25) is 0 Å². The number of para-hydroxylation sites is 3. The maximum atomic E-state index is 9.29. The van der Waals surface area contributed by atoms with Crippen LogP contribution in [0.1, 0.15) is 46.9 Å². The van der Waals surface area contributed by atoms with E-state index in [-0.39, 0.29) is 44.5 Å². The van der Waals surface area contributed by atoms with Gasteiger partial charge < -0.3 is 4.74 Å². The summed E-state index contributed by atoms with van der Waals surface area (Å²) < 4.78 is 145. The summed E-state index contributed by atoms with van der Waals surface area (Å²) in [5.74, 6) is 1.71. The number of fused-ring (bicyclic) bond motifs is 4. The predicted molar refractivity (Wildman–Crippen MR) is 257 cm³/mol. The van der Waals surface area contributed by atoms with E-state index >= 15 is 0 Å². The van der Waals surface area contributed by atoms with Gasteiger partial charge in [-0.05, 0) is 105 Å². The van der Waals surface area contributed by atoms with Crippen molar-refractivity contribution < 1.29 is 29.9 Å². The molecule has 0 unspecified atom stereocenters. The van der Waals surface area contributed by atoms with E-state index in [0.717, 1.165) is 33.2 Å². The van der Waals surface area contributed by atoms with Gasteiger partial charge in [-0.3, -0.25) is 13.7 Å². The average Bonchev–Trinajstić information content (AvgIpc) is 4.14. The van der Waals surface area contributed by atoms with Crippen LogP contribution in [0.5, 0.6) is 11.5 Å². The third kappa shape index (κ3) is 6.94. The van der Waals surface area contributed by atoms with Crippen LogP contribution in [0.25, 0.3) is 83.4 Å². The molecule has 302 valence electrons. The lowest BCUT2D eigenvalue weighted by atomic mass is 9.88. The summed E-state index contributed by atoms with van der Waals surface area (Å²) in [6.45, 7) is 6.47. The Kier molecular flexibility index (Phi) is 6.15. The highest BCUT2D eigenvalue weighted by Gasteiger charge is 2.22. The van der Waals surface area contributed by atoms with E-state index in [0.29, 0.717) is 28.2 Å². The first-order valence-corrected chi connectivity index (χ1v) is 20.2. The lowest BCUT2D eigenvalue weighted by Crippen LogP contribution is -2.31. The smallest absolute Gasteiger partial charge is 0.269 e. The van der Waals surface area contributed by atoms with Crippen molar-refractivity contribution in [3.05, 3.63) is 224 Å². The van der Waals surface area contributed by atoms with Crippen LogP contribution >= 0.6 is 0 Å². The van der Waals surface area contributed by atoms with Crippen LogP contribution in [0.3, 0.4) is 0 Å². The number of pyridine rings is 1. The number of imidazole rings is 1. The number of nitrogens with zero attached hydrogens (tertiary/aromatic N) is 4. The minimum atomic E-state index is -0.713. The molecular weight excluding hydrogens is 769 g/mol. The quantitative estimate of drug-likeness (QED) is 0.113. The van der Waals surface area contributed by atoms with E-state index in [2.05, 4.69) is 49.9 Å². The molecule has 0 amide bonds. The van der Waals surface area contributed by atoms with Crippen LogP contribution in [-0.2, 0) is 5.41 Å². The van der Waals surface area contributed by atoms with E-state index in [4.69, 9.17) is 24.8 Å². The first-order chi connectivity index (χ1) is 37.1. The topological polar surface area (TPSA) is 35.9 Å². The van der Waals surface area contributed by atoms with Crippen LogP contribution in [-0.4, -0.2) is 14.1 Å². The fraction of sp³-hybridized carbons (Fsp3) is 0.0690. The molecule has 0 atom stereocenters. The molecule has 8 aromatic carbocycles. The fourth-order valence-corrected chi connectivity index (χ4v) is 8.07. The van der Waals surface area contributed by atoms with Crippen LogP contribution in [0.2, 0.25) is 0 Å². The molecule has 11 aromatic rings. The zero-order chi connectivity index (χ0) is 55.5. The SMILES string of the molecule is [2H]c1c([2H])c([2H])c(-c2cc(-c3c([2H])c([2H])c([2H])c([2H])c3[2H])c(-[n+]3[c-]n(-c4cccc(Oc5ccc6c7ccccc7n(-c7cc(C(C)(C)C)ccn7)c6c5)c4)c4ccccc43)c(-c3c([2H])c([2H])c([2H])c([2H])c3[2H])c2)c([2H])c1[2H]. The number of benzene rings is 8. The number of hydrogen-bond acceptors (Lipinski definition) is 2. The molecule has 0 saturated heterocycles. The number of hydrogen-bond donors (Lipinski definition) is 0. The highest BCUT2D eigenvalue weighted by Crippen LogP contribution is 2.40.